The van der Waals surface area contributed by atoms with Gasteiger partial charge in [0.1, 0.15) is 12.7 Å². The molecule has 1 aliphatic rings. The van der Waals surface area contributed by atoms with Crippen LogP contribution in [0.15, 0.2) is 12.7 Å². The summed E-state index contributed by atoms with van der Waals surface area (Å²) in [6.45, 7) is 1.19. The Morgan fingerprint density at radius 2 is 2.19 bits per heavy atom. The van der Waals surface area contributed by atoms with Crippen LogP contribution in [-0.2, 0) is 4.79 Å². The van der Waals surface area contributed by atoms with Crippen molar-refractivity contribution in [1.29, 1.82) is 0 Å². The van der Waals surface area contributed by atoms with Crippen LogP contribution in [0.4, 0.5) is 11.9 Å². The Bertz CT molecular complexity index is 641. The molecular formula is C11H15N9O. The van der Waals surface area contributed by atoms with Crippen molar-refractivity contribution >= 4 is 17.8 Å². The third-order valence-electron chi connectivity index (χ3n) is 3.33. The van der Waals surface area contributed by atoms with Gasteiger partial charge in [-0.2, -0.15) is 24.7 Å². The fourth-order valence-corrected chi connectivity index (χ4v) is 2.20. The van der Waals surface area contributed by atoms with E-state index in [-0.39, 0.29) is 11.8 Å². The minimum Gasteiger partial charge on any atom is -0.369 e. The molecule has 2 aromatic heterocycles. The van der Waals surface area contributed by atoms with Gasteiger partial charge in [0.05, 0.1) is 5.92 Å². The monoisotopic (exact) mass is 289 g/mol. The van der Waals surface area contributed by atoms with Gasteiger partial charge in [-0.1, -0.05) is 0 Å². The highest BCUT2D eigenvalue weighted by atomic mass is 16.1. The number of nitrogens with two attached hydrogens (primary N) is 1. The SMILES string of the molecule is CNc1nc(N2CCC(C(N)=O)C2)nc(-n2cncn2)n1. The maximum absolute atomic E-state index is 11.3. The van der Waals surface area contributed by atoms with Crippen LogP contribution in [0.25, 0.3) is 5.95 Å². The molecule has 0 saturated carbocycles. The highest BCUT2D eigenvalue weighted by Crippen LogP contribution is 2.21. The standard InChI is InChI=1S/C11H15N9O/c1-13-9-16-10(19-3-2-7(4-19)8(12)21)18-11(17-9)20-6-14-5-15-20/h5-7H,2-4H2,1H3,(H2,12,21)(H,13,16,17,18). The van der Waals surface area contributed by atoms with Crippen LogP contribution in [0, 0.1) is 5.92 Å². The molecule has 1 unspecified atom stereocenters. The molecule has 0 aliphatic carbocycles. The third-order valence-corrected chi connectivity index (χ3v) is 3.33. The smallest absolute Gasteiger partial charge is 0.258 e. The van der Waals surface area contributed by atoms with Gasteiger partial charge < -0.3 is 16.0 Å². The first-order valence-electron chi connectivity index (χ1n) is 6.50. The van der Waals surface area contributed by atoms with Gasteiger partial charge in [0.15, 0.2) is 0 Å². The second-order valence-electron chi connectivity index (χ2n) is 4.68. The van der Waals surface area contributed by atoms with Crippen molar-refractivity contribution in [2.75, 3.05) is 30.4 Å². The number of aromatic nitrogens is 6. The molecule has 3 rings (SSSR count). The fraction of sp³-hybridized carbons (Fsp3) is 0.455. The number of carbonyl (C=O) groups is 1. The van der Waals surface area contributed by atoms with Crippen molar-refractivity contribution in [3.05, 3.63) is 12.7 Å². The molecule has 10 nitrogen and oxygen atoms in total. The maximum Gasteiger partial charge on any atom is 0.258 e. The van der Waals surface area contributed by atoms with Crippen LogP contribution in [0.2, 0.25) is 0 Å². The number of primary amides is 1. The Hall–Kier alpha value is -2.78. The third kappa shape index (κ3) is 2.59. The Kier molecular flexibility index (Phi) is 3.34. The lowest BCUT2D eigenvalue weighted by molar-refractivity contribution is -0.121. The summed E-state index contributed by atoms with van der Waals surface area (Å²) >= 11 is 0. The Morgan fingerprint density at radius 3 is 2.81 bits per heavy atom. The molecule has 1 atom stereocenters. The van der Waals surface area contributed by atoms with Gasteiger partial charge in [-0.05, 0) is 6.42 Å². The van der Waals surface area contributed by atoms with Crippen LogP contribution in [0.3, 0.4) is 0 Å². The number of carbonyl (C=O) groups excluding carboxylic acids is 1. The van der Waals surface area contributed by atoms with Crippen LogP contribution >= 0.6 is 0 Å². The molecule has 0 radical (unpaired) electrons. The van der Waals surface area contributed by atoms with Crippen molar-refractivity contribution in [3.8, 4) is 5.95 Å². The van der Waals surface area contributed by atoms with E-state index < -0.39 is 0 Å². The number of nitrogens with zero attached hydrogens (tertiary/aromatic N) is 7. The molecule has 110 valence electrons. The molecule has 1 amide bonds. The highest BCUT2D eigenvalue weighted by Gasteiger charge is 2.28. The molecule has 1 fully saturated rings. The van der Waals surface area contributed by atoms with Crippen LogP contribution in [0.5, 0.6) is 0 Å². The van der Waals surface area contributed by atoms with Crippen molar-refractivity contribution in [3.63, 3.8) is 0 Å². The predicted octanol–water partition coefficient (Wildman–Crippen LogP) is -1.19. The van der Waals surface area contributed by atoms with Gasteiger partial charge in [-0.15, -0.1) is 0 Å². The molecule has 1 saturated heterocycles. The highest BCUT2D eigenvalue weighted by molar-refractivity contribution is 5.78. The summed E-state index contributed by atoms with van der Waals surface area (Å²) in [5, 5.41) is 6.89. The molecule has 2 aromatic rings. The lowest BCUT2D eigenvalue weighted by Gasteiger charge is -2.16. The van der Waals surface area contributed by atoms with Crippen molar-refractivity contribution in [2.45, 2.75) is 6.42 Å². The first-order valence-corrected chi connectivity index (χ1v) is 6.50. The van der Waals surface area contributed by atoms with Crippen molar-refractivity contribution < 1.29 is 4.79 Å². The average Bonchev–Trinajstić information content (AvgIpc) is 3.18. The molecule has 1 aliphatic heterocycles. The first kappa shape index (κ1) is 13.2. The first-order chi connectivity index (χ1) is 10.2. The number of amides is 1. The topological polar surface area (TPSA) is 128 Å². The molecule has 3 N–H and O–H groups in total. The molecule has 3 heterocycles. The molecule has 0 aromatic carbocycles. The van der Waals surface area contributed by atoms with E-state index in [1.165, 1.54) is 17.3 Å². The summed E-state index contributed by atoms with van der Waals surface area (Å²) in [6.07, 6.45) is 3.62. The number of hydrogen-bond acceptors (Lipinski definition) is 8. The second-order valence-corrected chi connectivity index (χ2v) is 4.68. The molecule has 0 spiro atoms. The summed E-state index contributed by atoms with van der Waals surface area (Å²) in [4.78, 5) is 30.0. The summed E-state index contributed by atoms with van der Waals surface area (Å²) < 4.78 is 1.45. The Labute approximate surface area is 120 Å². The van der Waals surface area contributed by atoms with Crippen molar-refractivity contribution in [1.82, 2.24) is 29.7 Å². The fourth-order valence-electron chi connectivity index (χ4n) is 2.20. The van der Waals surface area contributed by atoms with E-state index in [4.69, 9.17) is 5.73 Å². The predicted molar refractivity (Wildman–Crippen MR) is 73.8 cm³/mol. The van der Waals surface area contributed by atoms with E-state index in [0.717, 1.165) is 0 Å². The summed E-state index contributed by atoms with van der Waals surface area (Å²) in [5.41, 5.74) is 5.35. The van der Waals surface area contributed by atoms with Gasteiger partial charge in [-0.25, -0.2) is 4.98 Å². The zero-order chi connectivity index (χ0) is 14.8. The lowest BCUT2D eigenvalue weighted by Crippen LogP contribution is -2.28. The van der Waals surface area contributed by atoms with Gasteiger partial charge in [-0.3, -0.25) is 4.79 Å². The van der Waals surface area contributed by atoms with E-state index in [0.29, 0.717) is 37.4 Å². The number of nitrogens with one attached hydrogen (secondary N) is 1. The van der Waals surface area contributed by atoms with Crippen LogP contribution in [-0.4, -0.2) is 55.8 Å². The minimum absolute atomic E-state index is 0.172. The molecule has 21 heavy (non-hydrogen) atoms. The lowest BCUT2D eigenvalue weighted by atomic mass is 10.1. The van der Waals surface area contributed by atoms with E-state index in [2.05, 4.69) is 30.4 Å². The summed E-state index contributed by atoms with van der Waals surface area (Å²) in [5.74, 6) is 0.813. The summed E-state index contributed by atoms with van der Waals surface area (Å²) in [6, 6.07) is 0. The van der Waals surface area contributed by atoms with Crippen LogP contribution < -0.4 is 16.0 Å². The van der Waals surface area contributed by atoms with E-state index >= 15 is 0 Å². The summed E-state index contributed by atoms with van der Waals surface area (Å²) in [7, 11) is 1.72. The molecule has 10 heteroatoms. The van der Waals surface area contributed by atoms with Gasteiger partial charge >= 0.3 is 0 Å². The second kappa shape index (κ2) is 5.31. The van der Waals surface area contributed by atoms with Gasteiger partial charge in [0, 0.05) is 20.1 Å². The maximum atomic E-state index is 11.3. The van der Waals surface area contributed by atoms with E-state index in [1.54, 1.807) is 7.05 Å². The normalized spacial score (nSPS) is 18.0. The quantitative estimate of drug-likeness (QED) is 0.718. The average molecular weight is 289 g/mol. The van der Waals surface area contributed by atoms with E-state index in [9.17, 15) is 4.79 Å². The van der Waals surface area contributed by atoms with Crippen molar-refractivity contribution in [2.24, 2.45) is 11.7 Å². The van der Waals surface area contributed by atoms with E-state index in [1.807, 2.05) is 4.90 Å². The number of anilines is 2. The number of rotatable bonds is 4. The Morgan fingerprint density at radius 1 is 1.38 bits per heavy atom. The van der Waals surface area contributed by atoms with Gasteiger partial charge in [0.2, 0.25) is 17.8 Å². The largest absolute Gasteiger partial charge is 0.369 e. The Balaban J connectivity index is 1.92. The zero-order valence-electron chi connectivity index (χ0n) is 11.5. The number of hydrogen-bond donors (Lipinski definition) is 2. The molecular weight excluding hydrogens is 274 g/mol. The molecule has 0 bridgehead atoms. The minimum atomic E-state index is -0.295. The van der Waals surface area contributed by atoms with Gasteiger partial charge in [0.25, 0.3) is 5.95 Å². The zero-order valence-corrected chi connectivity index (χ0v) is 11.5. The van der Waals surface area contributed by atoms with Crippen LogP contribution in [0.1, 0.15) is 6.42 Å².